The average Bonchev–Trinajstić information content (AvgIpc) is 3.52. The summed E-state index contributed by atoms with van der Waals surface area (Å²) in [5.74, 6) is -13.0. The number of benzene rings is 3. The number of rotatable bonds is 4. The van der Waals surface area contributed by atoms with Gasteiger partial charge in [-0.05, 0) is 92.6 Å². The molecule has 0 saturated heterocycles. The third kappa shape index (κ3) is 6.72. The summed E-state index contributed by atoms with van der Waals surface area (Å²) < 4.78 is 242. The van der Waals surface area contributed by atoms with Crippen LogP contribution in [-0.2, 0) is 12.8 Å². The minimum absolute atomic E-state index is 0.376. The topological polar surface area (TPSA) is 56.3 Å². The molecule has 0 aromatic heterocycles. The molecule has 5 rings (SSSR count). The quantitative estimate of drug-likeness (QED) is 0.149. The van der Waals surface area contributed by atoms with Gasteiger partial charge >= 0.3 is 32.4 Å². The van der Waals surface area contributed by atoms with Crippen molar-refractivity contribution in [1.29, 1.82) is 10.5 Å². The molecule has 2 aliphatic carbocycles. The van der Waals surface area contributed by atoms with Gasteiger partial charge < -0.3 is 0 Å². The molecule has 2 aliphatic rings. The van der Waals surface area contributed by atoms with Crippen LogP contribution in [0.15, 0.2) is 56.6 Å². The molecule has 0 unspecified atom stereocenters. The highest BCUT2D eigenvalue weighted by molar-refractivity contribution is 8.46. The SMILES string of the molecule is [C-]#[N+]C([N+]#[C-])=C1Cc2c(-c3cc(F)c(S(F)(F)(F)(F)F)c(F)c3)c3c(c(-c4cc(F)c(S(F)(F)(F)(F)F)c(F)c4)c2=C1C)CC(=C(C#N)C#N)C=3C(F)(F)F. The zero-order valence-electron chi connectivity index (χ0n) is 26.3. The summed E-state index contributed by atoms with van der Waals surface area (Å²) in [6, 6.07) is 0.580. The van der Waals surface area contributed by atoms with Crippen LogP contribution in [0.5, 0.6) is 0 Å². The van der Waals surface area contributed by atoms with Crippen molar-refractivity contribution < 1.29 is 69.6 Å². The fourth-order valence-corrected chi connectivity index (χ4v) is 8.36. The van der Waals surface area contributed by atoms with E-state index in [1.54, 1.807) is 0 Å². The lowest BCUT2D eigenvalue weighted by Crippen LogP contribution is -2.27. The Kier molecular flexibility index (Phi) is 7.93. The first-order chi connectivity index (χ1) is 24.6. The van der Waals surface area contributed by atoms with Crippen LogP contribution in [0.3, 0.4) is 0 Å². The molecule has 23 heteroatoms. The molecule has 0 fully saturated rings. The van der Waals surface area contributed by atoms with Crippen LogP contribution in [0.2, 0.25) is 0 Å². The van der Waals surface area contributed by atoms with Crippen molar-refractivity contribution in [2.24, 2.45) is 0 Å². The van der Waals surface area contributed by atoms with E-state index in [1.165, 1.54) is 0 Å². The third-order valence-corrected chi connectivity index (χ3v) is 10.8. The van der Waals surface area contributed by atoms with Crippen molar-refractivity contribution in [3.63, 3.8) is 0 Å². The number of allylic oxidation sites excluding steroid dienone is 3. The lowest BCUT2D eigenvalue weighted by Gasteiger charge is -2.40. The smallest absolute Gasteiger partial charge is 0.205 e. The second kappa shape index (κ2) is 10.8. The van der Waals surface area contributed by atoms with Crippen molar-refractivity contribution in [3.8, 4) is 34.4 Å². The molecule has 290 valence electrons. The summed E-state index contributed by atoms with van der Waals surface area (Å²) in [7, 11) is -22.4. The van der Waals surface area contributed by atoms with Gasteiger partial charge in [-0.3, -0.25) is 0 Å². The van der Waals surface area contributed by atoms with E-state index >= 15 is 30.7 Å². The van der Waals surface area contributed by atoms with E-state index in [2.05, 4.69) is 9.69 Å². The Hall–Kier alpha value is -5.65. The average molecular weight is 839 g/mol. The number of nitriles is 2. The Bertz CT molecular complexity index is 2660. The molecule has 0 radical (unpaired) electrons. The minimum Gasteiger partial charge on any atom is -0.205 e. The number of halogens is 17. The molecule has 0 heterocycles. The van der Waals surface area contributed by atoms with Crippen LogP contribution < -0.4 is 10.4 Å². The van der Waals surface area contributed by atoms with Crippen LogP contribution in [0.1, 0.15) is 18.1 Å². The second-order valence-electron chi connectivity index (χ2n) is 11.9. The summed E-state index contributed by atoms with van der Waals surface area (Å²) in [6.07, 6.45) is -8.18. The summed E-state index contributed by atoms with van der Waals surface area (Å²) in [6.45, 7) is 15.7. The standard InChI is InChI=1S/C32H11F17N4S2/c1-12-16(31(52-2)53-3)8-18-24(12)25(13-4-20(33)29(21(34)5-13)54(40,41,42,43)44)19-9-17(15(10-50)11-51)28(32(37,38)39)27(19)26(18)14-6-22(35)30(23(36)7-14)55(45,46,47,48)49/h4-7H,8-9H2,1H3. The number of hydrogen-bond acceptors (Lipinski definition) is 2. The van der Waals surface area contributed by atoms with Crippen molar-refractivity contribution in [2.45, 2.75) is 35.7 Å². The van der Waals surface area contributed by atoms with Gasteiger partial charge in [0.05, 0.1) is 11.1 Å². The van der Waals surface area contributed by atoms with Gasteiger partial charge in [-0.15, -0.1) is 0 Å². The molecular formula is C32H11F17N4S2. The number of alkyl halides is 3. The van der Waals surface area contributed by atoms with Gasteiger partial charge in [0.2, 0.25) is 0 Å². The Morgan fingerprint density at radius 2 is 0.982 bits per heavy atom. The van der Waals surface area contributed by atoms with Crippen LogP contribution in [0.4, 0.5) is 69.6 Å². The lowest BCUT2D eigenvalue weighted by molar-refractivity contribution is -0.0695. The monoisotopic (exact) mass is 838 g/mol. The van der Waals surface area contributed by atoms with E-state index in [9.17, 15) is 49.4 Å². The van der Waals surface area contributed by atoms with Crippen molar-refractivity contribution >= 4 is 31.6 Å². The lowest BCUT2D eigenvalue weighted by atomic mass is 9.86. The van der Waals surface area contributed by atoms with E-state index in [0.717, 1.165) is 19.1 Å². The number of fused-ring (bicyclic) bond motifs is 2. The molecule has 0 amide bonds. The largest absolute Gasteiger partial charge is 0.523 e. The summed E-state index contributed by atoms with van der Waals surface area (Å²) in [5, 5.41) is 16.9. The van der Waals surface area contributed by atoms with E-state index < -0.39 is 162 Å². The molecule has 0 spiro atoms. The van der Waals surface area contributed by atoms with Crippen molar-refractivity contribution in [3.05, 3.63) is 114 Å². The molecule has 0 bridgehead atoms. The van der Waals surface area contributed by atoms with Crippen molar-refractivity contribution in [2.75, 3.05) is 0 Å². The van der Waals surface area contributed by atoms with Gasteiger partial charge in [-0.25, -0.2) is 17.6 Å². The molecule has 0 N–H and O–H groups in total. The highest BCUT2D eigenvalue weighted by Crippen LogP contribution is 3.03. The van der Waals surface area contributed by atoms with Gasteiger partial charge in [-0.2, -0.15) is 33.4 Å². The Morgan fingerprint density at radius 3 is 1.31 bits per heavy atom. The van der Waals surface area contributed by atoms with Gasteiger partial charge in [0.15, 0.2) is 9.79 Å². The summed E-state index contributed by atoms with van der Waals surface area (Å²) in [5.41, 5.74) is -12.3. The van der Waals surface area contributed by atoms with Crippen LogP contribution in [0.25, 0.3) is 43.1 Å². The zero-order valence-corrected chi connectivity index (χ0v) is 27.9. The molecule has 55 heavy (non-hydrogen) atoms. The highest BCUT2D eigenvalue weighted by atomic mass is 32.5. The normalized spacial score (nSPS) is 16.8. The van der Waals surface area contributed by atoms with Gasteiger partial charge in [0, 0.05) is 6.42 Å². The Morgan fingerprint density at radius 1 is 0.636 bits per heavy atom. The first-order valence-electron chi connectivity index (χ1n) is 14.1. The maximum Gasteiger partial charge on any atom is 0.523 e. The third-order valence-electron chi connectivity index (χ3n) is 8.43. The first-order valence-corrected chi connectivity index (χ1v) is 18.0. The number of hydrogen-bond donors (Lipinski definition) is 0. The van der Waals surface area contributed by atoms with E-state index in [4.69, 9.17) is 13.1 Å². The van der Waals surface area contributed by atoms with Gasteiger partial charge in [-0.1, -0.05) is 38.9 Å². The minimum atomic E-state index is -11.2. The molecule has 3 aromatic rings. The van der Waals surface area contributed by atoms with Crippen LogP contribution in [0, 0.1) is 59.1 Å². The molecule has 0 aliphatic heterocycles. The van der Waals surface area contributed by atoms with Crippen LogP contribution in [-0.4, -0.2) is 6.18 Å². The van der Waals surface area contributed by atoms with Gasteiger partial charge in [0.1, 0.15) is 54.1 Å². The summed E-state index contributed by atoms with van der Waals surface area (Å²) in [4.78, 5) is -1.54. The molecule has 3 aromatic carbocycles. The zero-order chi connectivity index (χ0) is 41.9. The molecular weight excluding hydrogens is 827 g/mol. The fourth-order valence-electron chi connectivity index (χ4n) is 6.65. The Balaban J connectivity index is 2.20. The molecule has 0 saturated carbocycles. The van der Waals surface area contributed by atoms with Crippen LogP contribution >= 0.6 is 20.4 Å². The predicted molar refractivity (Wildman–Crippen MR) is 164 cm³/mol. The second-order valence-corrected chi connectivity index (χ2v) is 16.6. The maximum atomic E-state index is 15.1. The van der Waals surface area contributed by atoms with Gasteiger partial charge in [0.25, 0.3) is 0 Å². The Labute approximate surface area is 296 Å². The summed E-state index contributed by atoms with van der Waals surface area (Å²) >= 11 is 0. The molecule has 4 nitrogen and oxygen atoms in total. The predicted octanol–water partition coefficient (Wildman–Crippen LogP) is 12.3. The van der Waals surface area contributed by atoms with E-state index in [1.807, 2.05) is 0 Å². The highest BCUT2D eigenvalue weighted by Gasteiger charge is 2.70. The first kappa shape index (κ1) is 40.5. The maximum absolute atomic E-state index is 15.1. The fraction of sp³-hybridized carbons (Fsp3) is 0.125. The van der Waals surface area contributed by atoms with E-state index in [0.29, 0.717) is 0 Å². The van der Waals surface area contributed by atoms with E-state index in [-0.39, 0.29) is 12.1 Å². The molecule has 0 atom stereocenters. The number of nitrogens with zero attached hydrogens (tertiary/aromatic N) is 4. The van der Waals surface area contributed by atoms with Crippen molar-refractivity contribution in [1.82, 2.24) is 0 Å².